The fourth-order valence-electron chi connectivity index (χ4n) is 1.63. The highest BCUT2D eigenvalue weighted by atomic mass is 32.2. The number of thioether (sulfide) groups is 1. The van der Waals surface area contributed by atoms with Gasteiger partial charge in [0, 0.05) is 16.0 Å². The van der Waals surface area contributed by atoms with Crippen LogP contribution in [0.15, 0.2) is 53.4 Å². The molecule has 0 atom stereocenters. The molecule has 0 aliphatic carbocycles. The van der Waals surface area contributed by atoms with E-state index in [0.29, 0.717) is 0 Å². The highest BCUT2D eigenvalue weighted by molar-refractivity contribution is 8.03. The normalized spacial score (nSPS) is 9.26. The van der Waals surface area contributed by atoms with Crippen LogP contribution >= 0.6 is 11.8 Å². The molecule has 0 radical (unpaired) electrons. The van der Waals surface area contributed by atoms with Crippen LogP contribution in [-0.4, -0.2) is 0 Å². The lowest BCUT2D eigenvalue weighted by atomic mass is 10.1. The Labute approximate surface area is 118 Å². The summed E-state index contributed by atoms with van der Waals surface area (Å²) in [5, 5.41) is 10.6. The van der Waals surface area contributed by atoms with Crippen molar-refractivity contribution in [2.45, 2.75) is 18.2 Å². The molecule has 0 N–H and O–H groups in total. The minimum Gasteiger partial charge on any atom is -0.185 e. The van der Waals surface area contributed by atoms with Crippen LogP contribution in [-0.2, 0) is 6.42 Å². The summed E-state index contributed by atoms with van der Waals surface area (Å²) in [4.78, 5) is 0.945. The van der Waals surface area contributed by atoms with E-state index in [1.165, 1.54) is 5.56 Å². The number of nitriles is 1. The molecule has 2 aromatic carbocycles. The maximum Gasteiger partial charge on any atom is 0.138 e. The first-order valence-corrected chi connectivity index (χ1v) is 6.90. The highest BCUT2D eigenvalue weighted by Crippen LogP contribution is 2.16. The second-order valence-corrected chi connectivity index (χ2v) is 4.88. The smallest absolute Gasteiger partial charge is 0.138 e. The zero-order valence-corrected chi connectivity index (χ0v) is 11.5. The first-order chi connectivity index (χ1) is 9.31. The largest absolute Gasteiger partial charge is 0.185 e. The van der Waals surface area contributed by atoms with Crippen LogP contribution in [0.1, 0.15) is 23.6 Å². The number of thiocyanates is 1. The highest BCUT2D eigenvalue weighted by Gasteiger charge is 1.92. The van der Waals surface area contributed by atoms with Gasteiger partial charge in [-0.25, -0.2) is 0 Å². The quantitative estimate of drug-likeness (QED) is 0.460. The number of benzene rings is 2. The molecule has 0 aliphatic heterocycles. The van der Waals surface area contributed by atoms with Gasteiger partial charge in [0.1, 0.15) is 5.40 Å². The van der Waals surface area contributed by atoms with Crippen molar-refractivity contribution in [2.24, 2.45) is 0 Å². The van der Waals surface area contributed by atoms with Crippen molar-refractivity contribution >= 4 is 11.8 Å². The Balaban J connectivity index is 2.12. The Kier molecular flexibility index (Phi) is 4.67. The monoisotopic (exact) mass is 263 g/mol. The van der Waals surface area contributed by atoms with Gasteiger partial charge in [0.05, 0.1) is 0 Å². The van der Waals surface area contributed by atoms with Gasteiger partial charge >= 0.3 is 0 Å². The molecular formula is C17H13NS. The van der Waals surface area contributed by atoms with Crippen LogP contribution in [0.2, 0.25) is 0 Å². The van der Waals surface area contributed by atoms with Crippen LogP contribution in [0.25, 0.3) is 0 Å². The SMILES string of the molecule is CCc1ccc(C#Cc2ccc(SC#N)cc2)cc1. The lowest BCUT2D eigenvalue weighted by Gasteiger charge is -1.96. The third-order valence-corrected chi connectivity index (χ3v) is 3.33. The predicted octanol–water partition coefficient (Wildman–Crippen LogP) is 4.22. The van der Waals surface area contributed by atoms with Crippen molar-refractivity contribution in [1.82, 2.24) is 0 Å². The molecule has 0 heterocycles. The van der Waals surface area contributed by atoms with E-state index in [0.717, 1.165) is 34.2 Å². The van der Waals surface area contributed by atoms with Crippen molar-refractivity contribution in [3.05, 3.63) is 65.2 Å². The number of rotatable bonds is 2. The van der Waals surface area contributed by atoms with Crippen LogP contribution < -0.4 is 0 Å². The summed E-state index contributed by atoms with van der Waals surface area (Å²) >= 11 is 1.16. The van der Waals surface area contributed by atoms with Crippen LogP contribution in [0.4, 0.5) is 0 Å². The molecular weight excluding hydrogens is 250 g/mol. The molecule has 0 fully saturated rings. The number of aryl methyl sites for hydroxylation is 1. The van der Waals surface area contributed by atoms with E-state index in [1.54, 1.807) is 0 Å². The second-order valence-electron chi connectivity index (χ2n) is 4.02. The van der Waals surface area contributed by atoms with E-state index >= 15 is 0 Å². The molecule has 0 saturated heterocycles. The summed E-state index contributed by atoms with van der Waals surface area (Å²) in [5.74, 6) is 6.27. The molecule has 0 unspecified atom stereocenters. The summed E-state index contributed by atoms with van der Waals surface area (Å²) < 4.78 is 0. The molecule has 19 heavy (non-hydrogen) atoms. The van der Waals surface area contributed by atoms with E-state index in [2.05, 4.69) is 36.3 Å². The molecule has 0 bridgehead atoms. The van der Waals surface area contributed by atoms with E-state index in [1.807, 2.05) is 36.4 Å². The zero-order valence-electron chi connectivity index (χ0n) is 10.7. The second kappa shape index (κ2) is 6.69. The summed E-state index contributed by atoms with van der Waals surface area (Å²) in [6, 6.07) is 16.0. The lowest BCUT2D eigenvalue weighted by Crippen LogP contribution is -1.80. The fourth-order valence-corrected chi connectivity index (χ4v) is 2.00. The van der Waals surface area contributed by atoms with Crippen molar-refractivity contribution in [3.63, 3.8) is 0 Å². The molecule has 2 aromatic rings. The molecule has 1 nitrogen and oxygen atoms in total. The Morgan fingerprint density at radius 2 is 1.42 bits per heavy atom. The Morgan fingerprint density at radius 3 is 1.89 bits per heavy atom. The van der Waals surface area contributed by atoms with Gasteiger partial charge < -0.3 is 0 Å². The van der Waals surface area contributed by atoms with Crippen molar-refractivity contribution in [1.29, 1.82) is 5.26 Å². The van der Waals surface area contributed by atoms with Gasteiger partial charge in [0.25, 0.3) is 0 Å². The molecule has 2 heteroatoms. The zero-order chi connectivity index (χ0) is 13.5. The maximum absolute atomic E-state index is 8.57. The van der Waals surface area contributed by atoms with Crippen LogP contribution in [0.3, 0.4) is 0 Å². The minimum absolute atomic E-state index is 0.945. The van der Waals surface area contributed by atoms with E-state index in [-0.39, 0.29) is 0 Å². The third-order valence-electron chi connectivity index (χ3n) is 2.73. The summed E-state index contributed by atoms with van der Waals surface area (Å²) in [6.45, 7) is 2.14. The van der Waals surface area contributed by atoms with Gasteiger partial charge in [0.2, 0.25) is 0 Å². The Morgan fingerprint density at radius 1 is 0.895 bits per heavy atom. The molecule has 0 spiro atoms. The maximum atomic E-state index is 8.57. The fraction of sp³-hybridized carbons (Fsp3) is 0.118. The van der Waals surface area contributed by atoms with Gasteiger partial charge in [-0.3, -0.25) is 0 Å². The molecule has 2 rings (SSSR count). The van der Waals surface area contributed by atoms with E-state index in [9.17, 15) is 0 Å². The first-order valence-electron chi connectivity index (χ1n) is 6.09. The minimum atomic E-state index is 0.945. The van der Waals surface area contributed by atoms with Crippen molar-refractivity contribution in [3.8, 4) is 17.2 Å². The van der Waals surface area contributed by atoms with E-state index < -0.39 is 0 Å². The number of hydrogen-bond donors (Lipinski definition) is 0. The summed E-state index contributed by atoms with van der Waals surface area (Å²) in [6.07, 6.45) is 1.05. The van der Waals surface area contributed by atoms with Gasteiger partial charge in [-0.15, -0.1) is 0 Å². The molecule has 0 aromatic heterocycles. The van der Waals surface area contributed by atoms with Gasteiger partial charge in [-0.05, 0) is 60.1 Å². The van der Waals surface area contributed by atoms with Crippen LogP contribution in [0, 0.1) is 22.5 Å². The number of hydrogen-bond acceptors (Lipinski definition) is 2. The van der Waals surface area contributed by atoms with E-state index in [4.69, 9.17) is 5.26 Å². The van der Waals surface area contributed by atoms with Gasteiger partial charge in [0.15, 0.2) is 0 Å². The van der Waals surface area contributed by atoms with Gasteiger partial charge in [-0.1, -0.05) is 30.9 Å². The lowest BCUT2D eigenvalue weighted by molar-refractivity contribution is 1.14. The molecule has 92 valence electrons. The average Bonchev–Trinajstić information content (AvgIpc) is 2.47. The predicted molar refractivity (Wildman–Crippen MR) is 79.7 cm³/mol. The molecule has 0 saturated carbocycles. The van der Waals surface area contributed by atoms with Gasteiger partial charge in [-0.2, -0.15) is 5.26 Å². The molecule has 0 aliphatic rings. The van der Waals surface area contributed by atoms with Crippen molar-refractivity contribution < 1.29 is 0 Å². The van der Waals surface area contributed by atoms with Crippen molar-refractivity contribution in [2.75, 3.05) is 0 Å². The third kappa shape index (κ3) is 3.91. The standard InChI is InChI=1S/C17H13NS/c1-2-14-3-5-15(6-4-14)7-8-16-9-11-17(12-10-16)19-13-18/h3-6,9-12H,2H2,1H3. The van der Waals surface area contributed by atoms with Crippen LogP contribution in [0.5, 0.6) is 0 Å². The first kappa shape index (κ1) is 13.3. The average molecular weight is 263 g/mol. The Hall–Kier alpha value is -2.16. The number of nitrogens with zero attached hydrogens (tertiary/aromatic N) is 1. The summed E-state index contributed by atoms with van der Waals surface area (Å²) in [7, 11) is 0. The topological polar surface area (TPSA) is 23.8 Å². The summed E-state index contributed by atoms with van der Waals surface area (Å²) in [5.41, 5.74) is 3.30. The Bertz CT molecular complexity index is 637. The molecule has 0 amide bonds.